The Bertz CT molecular complexity index is 662. The van der Waals surface area contributed by atoms with Crippen molar-refractivity contribution in [1.29, 1.82) is 0 Å². The number of aryl methyl sites for hydroxylation is 2. The minimum absolute atomic E-state index is 0.276. The lowest BCUT2D eigenvalue weighted by atomic mass is 10.1. The fraction of sp³-hybridized carbons (Fsp3) is 0.250. The van der Waals surface area contributed by atoms with Crippen LogP contribution in [0.1, 0.15) is 11.3 Å². The maximum absolute atomic E-state index is 13.6. The van der Waals surface area contributed by atoms with Crippen LogP contribution in [0.15, 0.2) is 16.9 Å². The number of hydrogen-bond donors (Lipinski definition) is 1. The second-order valence-electron chi connectivity index (χ2n) is 3.93. The first-order valence-electron chi connectivity index (χ1n) is 5.05. The van der Waals surface area contributed by atoms with Crippen molar-refractivity contribution in [2.24, 2.45) is 7.05 Å². The van der Waals surface area contributed by atoms with Gasteiger partial charge in [-0.15, -0.1) is 0 Å². The molecular weight excluding hydrogens is 228 g/mol. The molecule has 1 N–H and O–H groups in total. The summed E-state index contributed by atoms with van der Waals surface area (Å²) < 4.78 is 28.3. The molecule has 5 heteroatoms. The molecular formula is C12H11F2NO2. The molecule has 0 atom stereocenters. The van der Waals surface area contributed by atoms with E-state index in [-0.39, 0.29) is 12.0 Å². The fourth-order valence-corrected chi connectivity index (χ4v) is 2.02. The van der Waals surface area contributed by atoms with Gasteiger partial charge in [-0.05, 0) is 18.6 Å². The van der Waals surface area contributed by atoms with Crippen LogP contribution < -0.4 is 5.43 Å². The Morgan fingerprint density at radius 2 is 2.00 bits per heavy atom. The lowest BCUT2D eigenvalue weighted by Crippen LogP contribution is -2.14. The number of aliphatic hydroxyl groups excluding tert-OH is 1. The molecule has 0 spiro atoms. The molecule has 90 valence electrons. The summed E-state index contributed by atoms with van der Waals surface area (Å²) in [6.45, 7) is 1.26. The Morgan fingerprint density at radius 3 is 2.59 bits per heavy atom. The number of halogens is 2. The third-order valence-electron chi connectivity index (χ3n) is 2.86. The van der Waals surface area contributed by atoms with Crippen LogP contribution in [0.25, 0.3) is 10.9 Å². The smallest absolute Gasteiger partial charge is 0.192 e. The molecule has 0 radical (unpaired) electrons. The highest BCUT2D eigenvalue weighted by molar-refractivity contribution is 5.83. The van der Waals surface area contributed by atoms with Gasteiger partial charge in [0.15, 0.2) is 17.1 Å². The highest BCUT2D eigenvalue weighted by Crippen LogP contribution is 2.22. The Hall–Kier alpha value is -1.75. The highest BCUT2D eigenvalue weighted by atomic mass is 19.2. The number of rotatable bonds is 1. The van der Waals surface area contributed by atoms with Crippen LogP contribution in [0, 0.1) is 18.6 Å². The number of nitrogens with zero attached hydrogens (tertiary/aromatic N) is 1. The standard InChI is InChI=1S/C12H11F2NO2/c1-6-3-8(13)11(14)10-9(17)4-7(5-16)15(2)12(6)10/h3-4,16H,5H2,1-2H3. The van der Waals surface area contributed by atoms with Crippen molar-refractivity contribution >= 4 is 10.9 Å². The van der Waals surface area contributed by atoms with Crippen molar-refractivity contribution < 1.29 is 13.9 Å². The molecule has 1 aromatic carbocycles. The minimum Gasteiger partial charge on any atom is -0.390 e. The number of pyridine rings is 1. The van der Waals surface area contributed by atoms with E-state index in [0.717, 1.165) is 12.1 Å². The van der Waals surface area contributed by atoms with Gasteiger partial charge in [0, 0.05) is 18.8 Å². The van der Waals surface area contributed by atoms with Gasteiger partial charge in [0.25, 0.3) is 0 Å². The second-order valence-corrected chi connectivity index (χ2v) is 3.93. The van der Waals surface area contributed by atoms with Gasteiger partial charge in [-0.2, -0.15) is 0 Å². The summed E-state index contributed by atoms with van der Waals surface area (Å²) >= 11 is 0. The number of aromatic nitrogens is 1. The molecule has 17 heavy (non-hydrogen) atoms. The quantitative estimate of drug-likeness (QED) is 0.821. The van der Waals surface area contributed by atoms with E-state index in [9.17, 15) is 13.6 Å². The van der Waals surface area contributed by atoms with Gasteiger partial charge >= 0.3 is 0 Å². The van der Waals surface area contributed by atoms with E-state index < -0.39 is 17.1 Å². The molecule has 0 unspecified atom stereocenters. The average Bonchev–Trinajstić information content (AvgIpc) is 2.28. The third-order valence-corrected chi connectivity index (χ3v) is 2.86. The SMILES string of the molecule is Cc1cc(F)c(F)c2c(=O)cc(CO)n(C)c12. The number of fused-ring (bicyclic) bond motifs is 1. The summed E-state index contributed by atoms with van der Waals surface area (Å²) in [5.41, 5.74) is 0.494. The molecule has 0 aliphatic rings. The van der Waals surface area contributed by atoms with Gasteiger partial charge in [-0.1, -0.05) is 0 Å². The first kappa shape index (κ1) is 11.7. The molecule has 3 nitrogen and oxygen atoms in total. The van der Waals surface area contributed by atoms with Gasteiger partial charge in [-0.25, -0.2) is 8.78 Å². The molecule has 0 amide bonds. The Morgan fingerprint density at radius 1 is 1.35 bits per heavy atom. The molecule has 0 saturated carbocycles. The molecule has 0 fully saturated rings. The maximum atomic E-state index is 13.6. The topological polar surface area (TPSA) is 42.2 Å². The van der Waals surface area contributed by atoms with Gasteiger partial charge < -0.3 is 9.67 Å². The van der Waals surface area contributed by atoms with E-state index >= 15 is 0 Å². The zero-order chi connectivity index (χ0) is 12.7. The van der Waals surface area contributed by atoms with Crippen LogP contribution in [0.5, 0.6) is 0 Å². The van der Waals surface area contributed by atoms with E-state index in [1.54, 1.807) is 14.0 Å². The predicted molar refractivity (Wildman–Crippen MR) is 59.8 cm³/mol. The largest absolute Gasteiger partial charge is 0.390 e. The minimum atomic E-state index is -1.14. The Balaban J connectivity index is 3.10. The Kier molecular flexibility index (Phi) is 2.71. The van der Waals surface area contributed by atoms with Gasteiger partial charge in [0.05, 0.1) is 17.5 Å². The molecule has 2 rings (SSSR count). The van der Waals surface area contributed by atoms with Crippen LogP contribution in [0.4, 0.5) is 8.78 Å². The van der Waals surface area contributed by atoms with Gasteiger partial charge in [0.2, 0.25) is 0 Å². The Labute approximate surface area is 95.9 Å². The summed E-state index contributed by atoms with van der Waals surface area (Å²) in [5, 5.41) is 8.81. The number of hydrogen-bond acceptors (Lipinski definition) is 2. The summed E-state index contributed by atoms with van der Waals surface area (Å²) in [7, 11) is 1.59. The van der Waals surface area contributed by atoms with Crippen molar-refractivity contribution in [2.75, 3.05) is 0 Å². The van der Waals surface area contributed by atoms with Crippen molar-refractivity contribution in [2.45, 2.75) is 13.5 Å². The second kappa shape index (κ2) is 3.92. The van der Waals surface area contributed by atoms with E-state index in [1.807, 2.05) is 0 Å². The first-order chi connectivity index (χ1) is 7.97. The number of benzene rings is 1. The van der Waals surface area contributed by atoms with Gasteiger partial charge in [0.1, 0.15) is 0 Å². The lowest BCUT2D eigenvalue weighted by molar-refractivity contribution is 0.272. The van der Waals surface area contributed by atoms with Crippen molar-refractivity contribution in [1.82, 2.24) is 4.57 Å². The van der Waals surface area contributed by atoms with Crippen molar-refractivity contribution in [3.63, 3.8) is 0 Å². The molecule has 1 aromatic heterocycles. The van der Waals surface area contributed by atoms with Crippen LogP contribution >= 0.6 is 0 Å². The highest BCUT2D eigenvalue weighted by Gasteiger charge is 2.16. The molecule has 0 aliphatic carbocycles. The van der Waals surface area contributed by atoms with Crippen molar-refractivity contribution in [3.8, 4) is 0 Å². The fourth-order valence-electron chi connectivity index (χ4n) is 2.02. The molecule has 0 aliphatic heterocycles. The summed E-state index contributed by atoms with van der Waals surface area (Å²) in [6.07, 6.45) is 0. The third kappa shape index (κ3) is 1.63. The van der Waals surface area contributed by atoms with E-state index in [1.165, 1.54) is 4.57 Å². The summed E-state index contributed by atoms with van der Waals surface area (Å²) in [5.74, 6) is -2.18. The first-order valence-corrected chi connectivity index (χ1v) is 5.05. The maximum Gasteiger partial charge on any atom is 0.192 e. The van der Waals surface area contributed by atoms with Crippen molar-refractivity contribution in [3.05, 3.63) is 45.2 Å². The van der Waals surface area contributed by atoms with E-state index in [0.29, 0.717) is 16.8 Å². The lowest BCUT2D eigenvalue weighted by Gasteiger charge is -2.13. The van der Waals surface area contributed by atoms with E-state index in [4.69, 9.17) is 5.11 Å². The van der Waals surface area contributed by atoms with Crippen LogP contribution in [0.2, 0.25) is 0 Å². The monoisotopic (exact) mass is 239 g/mol. The summed E-state index contributed by atoms with van der Waals surface area (Å²) in [6, 6.07) is 2.16. The van der Waals surface area contributed by atoms with Crippen LogP contribution in [-0.4, -0.2) is 9.67 Å². The van der Waals surface area contributed by atoms with Crippen LogP contribution in [0.3, 0.4) is 0 Å². The molecule has 0 saturated heterocycles. The van der Waals surface area contributed by atoms with E-state index in [2.05, 4.69) is 0 Å². The zero-order valence-corrected chi connectivity index (χ0v) is 9.42. The van der Waals surface area contributed by atoms with Gasteiger partial charge in [-0.3, -0.25) is 4.79 Å². The average molecular weight is 239 g/mol. The zero-order valence-electron chi connectivity index (χ0n) is 9.42. The predicted octanol–water partition coefficient (Wildman–Crippen LogP) is 1.62. The molecule has 0 bridgehead atoms. The van der Waals surface area contributed by atoms with Crippen LogP contribution in [-0.2, 0) is 13.7 Å². The molecule has 2 aromatic rings. The number of aliphatic hydroxyl groups is 1. The normalized spacial score (nSPS) is 11.1. The molecule has 1 heterocycles. The summed E-state index contributed by atoms with van der Waals surface area (Å²) in [4.78, 5) is 11.7.